The Labute approximate surface area is 158 Å². The molecule has 0 unspecified atom stereocenters. The van der Waals surface area contributed by atoms with Crippen LogP contribution in [0.25, 0.3) is 0 Å². The Bertz CT molecular complexity index is 1110. The van der Waals surface area contributed by atoms with Gasteiger partial charge >= 0.3 is 0 Å². The molecule has 0 saturated carbocycles. The number of rotatable bonds is 5. The topological polar surface area (TPSA) is 76.1 Å². The Hall–Kier alpha value is -2.65. The lowest BCUT2D eigenvalue weighted by Gasteiger charge is -2.04. The highest BCUT2D eigenvalue weighted by molar-refractivity contribution is 7.90. The zero-order chi connectivity index (χ0) is 19.6. The van der Waals surface area contributed by atoms with Gasteiger partial charge in [0.15, 0.2) is 15.0 Å². The van der Waals surface area contributed by atoms with Gasteiger partial charge in [-0.2, -0.15) is 0 Å². The molecule has 1 amide bonds. The van der Waals surface area contributed by atoms with Crippen LogP contribution in [0.5, 0.6) is 0 Å². The summed E-state index contributed by atoms with van der Waals surface area (Å²) in [5, 5.41) is 2.88. The van der Waals surface area contributed by atoms with Crippen LogP contribution in [-0.2, 0) is 16.3 Å². The van der Waals surface area contributed by atoms with E-state index in [9.17, 15) is 22.0 Å². The number of hydrogen-bond acceptors (Lipinski definition) is 5. The molecule has 3 rings (SSSR count). The lowest BCUT2D eigenvalue weighted by molar-refractivity contribution is 0.102. The van der Waals surface area contributed by atoms with Crippen molar-refractivity contribution in [1.29, 1.82) is 0 Å². The summed E-state index contributed by atoms with van der Waals surface area (Å²) in [5.41, 5.74) is 0.498. The van der Waals surface area contributed by atoms with Gasteiger partial charge in [-0.05, 0) is 29.8 Å². The zero-order valence-electron chi connectivity index (χ0n) is 14.1. The van der Waals surface area contributed by atoms with Gasteiger partial charge in [0.1, 0.15) is 11.6 Å². The molecule has 0 aliphatic carbocycles. The van der Waals surface area contributed by atoms with Gasteiger partial charge in [0.05, 0.1) is 4.90 Å². The molecule has 140 valence electrons. The maximum absolute atomic E-state index is 13.7. The van der Waals surface area contributed by atoms with Crippen LogP contribution in [0.3, 0.4) is 0 Å². The summed E-state index contributed by atoms with van der Waals surface area (Å²) in [6.45, 7) is 0. The summed E-state index contributed by atoms with van der Waals surface area (Å²) in [5.74, 6) is -1.80. The Kier molecular flexibility index (Phi) is 5.33. The monoisotopic (exact) mass is 408 g/mol. The van der Waals surface area contributed by atoms with Gasteiger partial charge in [-0.25, -0.2) is 22.2 Å². The third kappa shape index (κ3) is 4.75. The Balaban J connectivity index is 1.73. The number of benzene rings is 2. The molecule has 0 aliphatic heterocycles. The second-order valence-corrected chi connectivity index (χ2v) is 8.93. The number of carbonyl (C=O) groups is 1. The molecule has 1 heterocycles. The molecule has 3 aromatic rings. The van der Waals surface area contributed by atoms with E-state index in [2.05, 4.69) is 10.3 Å². The van der Waals surface area contributed by atoms with E-state index in [0.29, 0.717) is 15.6 Å². The van der Waals surface area contributed by atoms with Crippen molar-refractivity contribution in [2.45, 2.75) is 11.3 Å². The van der Waals surface area contributed by atoms with Gasteiger partial charge < -0.3 is 0 Å². The maximum Gasteiger partial charge on any atom is 0.257 e. The van der Waals surface area contributed by atoms with Crippen molar-refractivity contribution in [3.63, 3.8) is 0 Å². The van der Waals surface area contributed by atoms with Crippen LogP contribution >= 0.6 is 11.3 Å². The predicted molar refractivity (Wildman–Crippen MR) is 98.8 cm³/mol. The van der Waals surface area contributed by atoms with Crippen LogP contribution in [0.1, 0.15) is 20.8 Å². The first-order chi connectivity index (χ1) is 12.7. The minimum atomic E-state index is -3.42. The highest BCUT2D eigenvalue weighted by Crippen LogP contribution is 2.23. The van der Waals surface area contributed by atoms with Crippen LogP contribution in [0.4, 0.5) is 13.9 Å². The molecule has 0 spiro atoms. The first-order valence-electron chi connectivity index (χ1n) is 7.72. The van der Waals surface area contributed by atoms with Crippen molar-refractivity contribution < 1.29 is 22.0 Å². The van der Waals surface area contributed by atoms with E-state index in [1.165, 1.54) is 42.6 Å². The van der Waals surface area contributed by atoms with Crippen molar-refractivity contribution in [3.05, 3.63) is 76.3 Å². The lowest BCUT2D eigenvalue weighted by Crippen LogP contribution is -2.12. The fourth-order valence-electron chi connectivity index (χ4n) is 2.34. The first kappa shape index (κ1) is 19.1. The van der Waals surface area contributed by atoms with Gasteiger partial charge in [0.25, 0.3) is 5.91 Å². The maximum atomic E-state index is 13.7. The minimum Gasteiger partial charge on any atom is -0.298 e. The largest absolute Gasteiger partial charge is 0.298 e. The van der Waals surface area contributed by atoms with E-state index in [0.717, 1.165) is 23.7 Å². The second-order valence-electron chi connectivity index (χ2n) is 5.80. The highest BCUT2D eigenvalue weighted by atomic mass is 32.2. The number of anilines is 1. The summed E-state index contributed by atoms with van der Waals surface area (Å²) in [4.78, 5) is 17.1. The summed E-state index contributed by atoms with van der Waals surface area (Å²) >= 11 is 1.15. The molecular weight excluding hydrogens is 394 g/mol. The molecular formula is C18H14F2N2O3S2. The molecule has 0 aliphatic rings. The van der Waals surface area contributed by atoms with E-state index in [1.54, 1.807) is 0 Å². The average Bonchev–Trinajstić information content (AvgIpc) is 3.04. The van der Waals surface area contributed by atoms with E-state index >= 15 is 0 Å². The first-order valence-corrected chi connectivity index (χ1v) is 10.4. The SMILES string of the molecule is CS(=O)(=O)c1cccc(C(=O)Nc2ncc(Cc3ccc(F)cc3F)s2)c1. The number of amides is 1. The van der Waals surface area contributed by atoms with Crippen LogP contribution in [-0.4, -0.2) is 25.6 Å². The zero-order valence-corrected chi connectivity index (χ0v) is 15.7. The molecule has 2 aromatic carbocycles. The van der Waals surface area contributed by atoms with Gasteiger partial charge in [-0.15, -0.1) is 11.3 Å². The smallest absolute Gasteiger partial charge is 0.257 e. The third-order valence-corrected chi connectivity index (χ3v) is 5.70. The number of nitrogens with one attached hydrogen (secondary N) is 1. The fourth-order valence-corrected chi connectivity index (χ4v) is 3.83. The molecule has 5 nitrogen and oxygen atoms in total. The number of carbonyl (C=O) groups excluding carboxylic acids is 1. The predicted octanol–water partition coefficient (Wildman–Crippen LogP) is 3.67. The summed E-state index contributed by atoms with van der Waals surface area (Å²) in [6, 6.07) is 9.02. The molecule has 1 aromatic heterocycles. The third-order valence-electron chi connectivity index (χ3n) is 3.68. The average molecular weight is 408 g/mol. The molecule has 9 heteroatoms. The van der Waals surface area contributed by atoms with Crippen molar-refractivity contribution in [2.24, 2.45) is 0 Å². The Morgan fingerprint density at radius 2 is 1.96 bits per heavy atom. The van der Waals surface area contributed by atoms with E-state index in [1.807, 2.05) is 0 Å². The Morgan fingerprint density at radius 3 is 2.67 bits per heavy atom. The van der Waals surface area contributed by atoms with Crippen molar-refractivity contribution in [2.75, 3.05) is 11.6 Å². The number of hydrogen-bond donors (Lipinski definition) is 1. The molecule has 0 bridgehead atoms. The van der Waals surface area contributed by atoms with Crippen molar-refractivity contribution in [1.82, 2.24) is 4.98 Å². The van der Waals surface area contributed by atoms with Crippen LogP contribution in [0.2, 0.25) is 0 Å². The molecule has 0 saturated heterocycles. The van der Waals surface area contributed by atoms with Crippen molar-refractivity contribution in [3.8, 4) is 0 Å². The molecule has 0 fully saturated rings. The molecule has 0 atom stereocenters. The Morgan fingerprint density at radius 1 is 1.19 bits per heavy atom. The van der Waals surface area contributed by atoms with Crippen LogP contribution in [0, 0.1) is 11.6 Å². The summed E-state index contributed by atoms with van der Waals surface area (Å²) in [7, 11) is -3.42. The summed E-state index contributed by atoms with van der Waals surface area (Å²) < 4.78 is 49.9. The van der Waals surface area contributed by atoms with E-state index in [4.69, 9.17) is 0 Å². The number of thiazole rings is 1. The van der Waals surface area contributed by atoms with Gasteiger partial charge in [-0.3, -0.25) is 10.1 Å². The minimum absolute atomic E-state index is 0.0433. The van der Waals surface area contributed by atoms with E-state index < -0.39 is 27.4 Å². The quantitative estimate of drug-likeness (QED) is 0.699. The number of sulfone groups is 1. The highest BCUT2D eigenvalue weighted by Gasteiger charge is 2.14. The molecule has 27 heavy (non-hydrogen) atoms. The standard InChI is InChI=1S/C18H14F2N2O3S2/c1-27(24,25)15-4-2-3-12(8-15)17(23)22-18-21-10-14(26-18)7-11-5-6-13(19)9-16(11)20/h2-6,8-10H,7H2,1H3,(H,21,22,23). The second kappa shape index (κ2) is 7.53. The van der Waals surface area contributed by atoms with Gasteiger partial charge in [0, 0.05) is 35.4 Å². The van der Waals surface area contributed by atoms with E-state index in [-0.39, 0.29) is 16.9 Å². The lowest BCUT2D eigenvalue weighted by atomic mass is 10.1. The number of aromatic nitrogens is 1. The van der Waals surface area contributed by atoms with Crippen molar-refractivity contribution >= 4 is 32.2 Å². The summed E-state index contributed by atoms with van der Waals surface area (Å²) in [6.07, 6.45) is 2.77. The number of nitrogens with zero attached hydrogens (tertiary/aromatic N) is 1. The number of halogens is 2. The van der Waals surface area contributed by atoms with Crippen LogP contribution < -0.4 is 5.32 Å². The van der Waals surface area contributed by atoms with Gasteiger partial charge in [-0.1, -0.05) is 12.1 Å². The van der Waals surface area contributed by atoms with Gasteiger partial charge in [0.2, 0.25) is 0 Å². The fraction of sp³-hybridized carbons (Fsp3) is 0.111. The normalized spacial score (nSPS) is 11.4. The van der Waals surface area contributed by atoms with Crippen LogP contribution in [0.15, 0.2) is 53.6 Å². The molecule has 0 radical (unpaired) electrons. The molecule has 1 N–H and O–H groups in total.